The molecule has 1 aromatic rings. The lowest BCUT2D eigenvalue weighted by atomic mass is 9.73. The van der Waals surface area contributed by atoms with Crippen molar-refractivity contribution >= 4 is 8.32 Å². The number of fused-ring (bicyclic) bond motifs is 1. The van der Waals surface area contributed by atoms with Crippen LogP contribution in [0.4, 0.5) is 0 Å². The van der Waals surface area contributed by atoms with E-state index in [0.717, 1.165) is 24.1 Å². The van der Waals surface area contributed by atoms with E-state index >= 15 is 0 Å². The van der Waals surface area contributed by atoms with Crippen LogP contribution in [0, 0.1) is 12.3 Å². The second kappa shape index (κ2) is 7.03. The van der Waals surface area contributed by atoms with E-state index in [2.05, 4.69) is 68.5 Å². The van der Waals surface area contributed by atoms with E-state index in [9.17, 15) is 5.11 Å². The summed E-state index contributed by atoms with van der Waals surface area (Å²) in [5, 5.41) is 10.2. The summed E-state index contributed by atoms with van der Waals surface area (Å²) in [7, 11) is -1.90. The molecular formula is C22H39NO2Si. The molecule has 26 heavy (non-hydrogen) atoms. The van der Waals surface area contributed by atoms with Gasteiger partial charge in [-0.25, -0.2) is 0 Å². The molecule has 1 unspecified atom stereocenters. The average molecular weight is 378 g/mol. The topological polar surface area (TPSA) is 42.4 Å². The van der Waals surface area contributed by atoms with Gasteiger partial charge in [0.05, 0.1) is 12.7 Å². The molecule has 0 amide bonds. The van der Waals surface area contributed by atoms with Crippen LogP contribution in [0.2, 0.25) is 18.1 Å². The highest BCUT2D eigenvalue weighted by Gasteiger charge is 2.43. The lowest BCUT2D eigenvalue weighted by Crippen LogP contribution is -2.44. The van der Waals surface area contributed by atoms with Gasteiger partial charge in [0.25, 0.3) is 0 Å². The number of aliphatic hydroxyl groups excluding tert-OH is 1. The van der Waals surface area contributed by atoms with E-state index in [4.69, 9.17) is 9.41 Å². The van der Waals surface area contributed by atoms with Gasteiger partial charge in [-0.1, -0.05) is 48.5 Å². The minimum Gasteiger partial charge on any atom is -0.410 e. The van der Waals surface area contributed by atoms with Gasteiger partial charge >= 0.3 is 0 Å². The van der Waals surface area contributed by atoms with Crippen molar-refractivity contribution < 1.29 is 9.53 Å². The van der Waals surface area contributed by atoms with Gasteiger partial charge in [0.1, 0.15) is 0 Å². The highest BCUT2D eigenvalue weighted by molar-refractivity contribution is 6.74. The molecule has 1 N–H and O–H groups in total. The van der Waals surface area contributed by atoms with Crippen LogP contribution in [-0.2, 0) is 17.5 Å². The average Bonchev–Trinajstić information content (AvgIpc) is 2.43. The Balaban J connectivity index is 2.62. The first kappa shape index (κ1) is 21.6. The zero-order valence-corrected chi connectivity index (χ0v) is 19.6. The molecule has 148 valence electrons. The maximum atomic E-state index is 10.0. The van der Waals surface area contributed by atoms with E-state index in [-0.39, 0.29) is 23.2 Å². The molecule has 4 heteroatoms. The summed E-state index contributed by atoms with van der Waals surface area (Å²) in [6.45, 7) is 22.7. The predicted octanol–water partition coefficient (Wildman–Crippen LogP) is 6.04. The van der Waals surface area contributed by atoms with E-state index in [0.29, 0.717) is 5.92 Å². The first-order chi connectivity index (χ1) is 11.7. The minimum absolute atomic E-state index is 0.0514. The molecule has 1 aromatic heterocycles. The number of rotatable bonds is 4. The molecule has 1 atom stereocenters. The third-order valence-corrected chi connectivity index (χ3v) is 10.9. The van der Waals surface area contributed by atoms with Crippen molar-refractivity contribution in [1.82, 2.24) is 4.98 Å². The van der Waals surface area contributed by atoms with Crippen LogP contribution in [0.25, 0.3) is 0 Å². The molecule has 3 nitrogen and oxygen atoms in total. The fraction of sp³-hybridized carbons (Fsp3) is 0.773. The molecular weight excluding hydrogens is 338 g/mol. The Morgan fingerprint density at radius 3 is 2.31 bits per heavy atom. The molecule has 0 spiro atoms. The Labute approximate surface area is 161 Å². The van der Waals surface area contributed by atoms with Crippen LogP contribution >= 0.6 is 0 Å². The van der Waals surface area contributed by atoms with Crippen LogP contribution in [0.3, 0.4) is 0 Å². The molecule has 1 aliphatic rings. The third kappa shape index (κ3) is 4.07. The summed E-state index contributed by atoms with van der Waals surface area (Å²) in [5.74, 6) is 0.311. The second-order valence-electron chi connectivity index (χ2n) is 10.7. The Morgan fingerprint density at radius 2 is 1.85 bits per heavy atom. The van der Waals surface area contributed by atoms with Gasteiger partial charge in [-0.3, -0.25) is 4.98 Å². The molecule has 1 heterocycles. The number of hydrogen-bond donors (Lipinski definition) is 1. The van der Waals surface area contributed by atoms with Gasteiger partial charge in [0, 0.05) is 22.5 Å². The molecule has 0 fully saturated rings. The van der Waals surface area contributed by atoms with Crippen molar-refractivity contribution in [3.05, 3.63) is 28.1 Å². The number of nitrogens with zero attached hydrogens (tertiary/aromatic N) is 1. The van der Waals surface area contributed by atoms with Gasteiger partial charge in [-0.15, -0.1) is 0 Å². The van der Waals surface area contributed by atoms with Crippen LogP contribution < -0.4 is 0 Å². The summed E-state index contributed by atoms with van der Waals surface area (Å²) in [6, 6.07) is 0. The first-order valence-corrected chi connectivity index (χ1v) is 12.9. The van der Waals surface area contributed by atoms with E-state index in [1.165, 1.54) is 16.8 Å². The monoisotopic (exact) mass is 377 g/mol. The Bertz CT molecular complexity index is 672. The summed E-state index contributed by atoms with van der Waals surface area (Å²) < 4.78 is 6.90. The SMILES string of the molecule is Cc1c(CO)c(C(C)C)nc2c1C(O[Si](C)(C)C(C)(C)C)CC(C)(C)C2. The van der Waals surface area contributed by atoms with Gasteiger partial charge in [0.2, 0.25) is 0 Å². The van der Waals surface area contributed by atoms with E-state index in [1.807, 2.05) is 0 Å². The standard InChI is InChI=1S/C22H39NO2Si/c1-14(2)20-16(13-24)15(3)19-17(23-20)11-22(7,8)12-18(19)25-26(9,10)21(4,5)6/h14,18,24H,11-13H2,1-10H3. The molecule has 0 radical (unpaired) electrons. The lowest BCUT2D eigenvalue weighted by Gasteiger charge is -2.45. The summed E-state index contributed by atoms with van der Waals surface area (Å²) in [5.41, 5.74) is 5.86. The van der Waals surface area contributed by atoms with Crippen molar-refractivity contribution in [3.8, 4) is 0 Å². The first-order valence-electron chi connectivity index (χ1n) is 10.0. The fourth-order valence-electron chi connectivity index (χ4n) is 3.85. The molecule has 0 aliphatic heterocycles. The largest absolute Gasteiger partial charge is 0.410 e. The van der Waals surface area contributed by atoms with Crippen molar-refractivity contribution in [3.63, 3.8) is 0 Å². The van der Waals surface area contributed by atoms with Crippen LogP contribution in [-0.4, -0.2) is 18.4 Å². The Morgan fingerprint density at radius 1 is 1.27 bits per heavy atom. The van der Waals surface area contributed by atoms with Crippen molar-refractivity contribution in [2.24, 2.45) is 5.41 Å². The highest BCUT2D eigenvalue weighted by Crippen LogP contribution is 2.48. The van der Waals surface area contributed by atoms with Crippen LogP contribution in [0.15, 0.2) is 0 Å². The Kier molecular flexibility index (Phi) is 5.84. The summed E-state index contributed by atoms with van der Waals surface area (Å²) in [4.78, 5) is 5.06. The van der Waals surface area contributed by atoms with Crippen molar-refractivity contribution in [2.75, 3.05) is 0 Å². The zero-order valence-electron chi connectivity index (χ0n) is 18.6. The predicted molar refractivity (Wildman–Crippen MR) is 112 cm³/mol. The maximum Gasteiger partial charge on any atom is 0.192 e. The minimum atomic E-state index is -1.90. The van der Waals surface area contributed by atoms with Gasteiger partial charge < -0.3 is 9.53 Å². The lowest BCUT2D eigenvalue weighted by molar-refractivity contribution is 0.105. The Hall–Kier alpha value is -0.713. The molecule has 0 saturated heterocycles. The summed E-state index contributed by atoms with van der Waals surface area (Å²) in [6.07, 6.45) is 2.07. The van der Waals surface area contributed by atoms with Gasteiger partial charge in [-0.2, -0.15) is 0 Å². The third-order valence-electron chi connectivity index (χ3n) is 6.39. The van der Waals surface area contributed by atoms with E-state index < -0.39 is 8.32 Å². The number of aliphatic hydroxyl groups is 1. The van der Waals surface area contributed by atoms with Gasteiger partial charge in [-0.05, 0) is 54.8 Å². The van der Waals surface area contributed by atoms with Crippen LogP contribution in [0.1, 0.15) is 95.0 Å². The molecule has 0 saturated carbocycles. The van der Waals surface area contributed by atoms with Crippen molar-refractivity contribution in [1.29, 1.82) is 0 Å². The normalized spacial score (nSPS) is 20.4. The van der Waals surface area contributed by atoms with Crippen molar-refractivity contribution in [2.45, 2.75) is 105 Å². The number of aromatic nitrogens is 1. The van der Waals surface area contributed by atoms with Gasteiger partial charge in [0.15, 0.2) is 8.32 Å². The summed E-state index contributed by atoms with van der Waals surface area (Å²) >= 11 is 0. The molecule has 0 bridgehead atoms. The zero-order chi connectivity index (χ0) is 20.1. The highest BCUT2D eigenvalue weighted by atomic mass is 28.4. The molecule has 2 rings (SSSR count). The second-order valence-corrected chi connectivity index (χ2v) is 15.4. The smallest absolute Gasteiger partial charge is 0.192 e. The molecule has 0 aromatic carbocycles. The van der Waals surface area contributed by atoms with Crippen LogP contribution in [0.5, 0.6) is 0 Å². The fourth-order valence-corrected chi connectivity index (χ4v) is 5.11. The quantitative estimate of drug-likeness (QED) is 0.650. The maximum absolute atomic E-state index is 10.0. The molecule has 1 aliphatic carbocycles. The van der Waals surface area contributed by atoms with E-state index in [1.54, 1.807) is 0 Å². The number of hydrogen-bond acceptors (Lipinski definition) is 3. The number of pyridine rings is 1.